The van der Waals surface area contributed by atoms with Crippen LogP contribution in [-0.2, 0) is 16.0 Å². The lowest BCUT2D eigenvalue weighted by molar-refractivity contribution is -0.134. The number of fused-ring (bicyclic) bond motifs is 2. The van der Waals surface area contributed by atoms with Crippen LogP contribution in [0.2, 0.25) is 5.02 Å². The maximum absolute atomic E-state index is 12.6. The Morgan fingerprint density at radius 1 is 1.10 bits per heavy atom. The van der Waals surface area contributed by atoms with Crippen molar-refractivity contribution in [1.82, 2.24) is 14.7 Å². The van der Waals surface area contributed by atoms with E-state index in [1.807, 2.05) is 13.1 Å². The minimum Gasteiger partial charge on any atom is -0.492 e. The Morgan fingerprint density at radius 3 is 2.56 bits per heavy atom. The maximum Gasteiger partial charge on any atom is 0.333 e. The Kier molecular flexibility index (Phi) is 7.12. The molecule has 39 heavy (non-hydrogen) atoms. The minimum atomic E-state index is -0.706. The van der Waals surface area contributed by atoms with Crippen molar-refractivity contribution in [3.05, 3.63) is 51.6 Å². The molecular formula is C28H26ClN3O7. The van der Waals surface area contributed by atoms with Gasteiger partial charge in [0.25, 0.3) is 11.8 Å². The lowest BCUT2D eigenvalue weighted by Crippen LogP contribution is -2.52. The van der Waals surface area contributed by atoms with Crippen molar-refractivity contribution in [3.63, 3.8) is 0 Å². The van der Waals surface area contributed by atoms with Gasteiger partial charge in [-0.3, -0.25) is 24.3 Å². The molecule has 1 atom stereocenters. The van der Waals surface area contributed by atoms with Crippen molar-refractivity contribution in [2.45, 2.75) is 12.5 Å². The van der Waals surface area contributed by atoms with Crippen LogP contribution in [0.25, 0.3) is 6.08 Å². The first-order valence-corrected chi connectivity index (χ1v) is 12.5. The van der Waals surface area contributed by atoms with Gasteiger partial charge in [0, 0.05) is 36.8 Å². The van der Waals surface area contributed by atoms with Crippen molar-refractivity contribution in [3.8, 4) is 34.8 Å². The van der Waals surface area contributed by atoms with Crippen LogP contribution in [0.5, 0.6) is 23.0 Å². The normalized spacial score (nSPS) is 18.5. The number of benzene rings is 2. The van der Waals surface area contributed by atoms with Crippen LogP contribution in [0.4, 0.5) is 4.79 Å². The smallest absolute Gasteiger partial charge is 0.333 e. The maximum atomic E-state index is 12.6. The number of urea groups is 1. The molecule has 0 N–H and O–H groups in total. The monoisotopic (exact) mass is 551 g/mol. The molecule has 3 heterocycles. The van der Waals surface area contributed by atoms with Crippen LogP contribution in [0.15, 0.2) is 29.8 Å². The van der Waals surface area contributed by atoms with Crippen molar-refractivity contribution < 1.29 is 33.3 Å². The zero-order chi connectivity index (χ0) is 27.8. The van der Waals surface area contributed by atoms with Gasteiger partial charge >= 0.3 is 6.03 Å². The topological polar surface area (TPSA) is 97.9 Å². The average molecular weight is 552 g/mol. The molecule has 0 bridgehead atoms. The van der Waals surface area contributed by atoms with Gasteiger partial charge in [0.2, 0.25) is 12.5 Å². The standard InChI is InChI=1S/C28H26ClN3O7/c1-30-10-9-16-14-22-24(39-15-38-22)25(36-4)23(16)20(30)6-5-11-37-21-8-7-18(29)12-17(21)13-19-26(33)31(2)28(35)32(3)27(19)34/h7-8,12-14,20H,9-11,15H2,1-4H3/t20-/m0/s1. The number of likely N-dealkylation sites (N-methyl/N-ethyl adjacent to an activating group) is 3. The SMILES string of the molecule is COc1c2c(cc3c1[C@H](C#CCOc1ccc(Cl)cc1C=C1C(=O)N(C)C(=O)N(C)C1=O)N(C)CC3)OCO2. The van der Waals surface area contributed by atoms with E-state index in [2.05, 4.69) is 16.7 Å². The van der Waals surface area contributed by atoms with Gasteiger partial charge in [0.05, 0.1) is 7.11 Å². The van der Waals surface area contributed by atoms with Gasteiger partial charge in [-0.15, -0.1) is 0 Å². The molecule has 0 aromatic heterocycles. The summed E-state index contributed by atoms with van der Waals surface area (Å²) in [6.45, 7) is 0.983. The van der Waals surface area contributed by atoms with E-state index in [1.165, 1.54) is 20.2 Å². The van der Waals surface area contributed by atoms with E-state index < -0.39 is 17.8 Å². The molecule has 1 fully saturated rings. The molecular weight excluding hydrogens is 526 g/mol. The van der Waals surface area contributed by atoms with E-state index in [0.29, 0.717) is 33.6 Å². The van der Waals surface area contributed by atoms with E-state index >= 15 is 0 Å². The largest absolute Gasteiger partial charge is 0.492 e. The third-order valence-corrected chi connectivity index (χ3v) is 7.09. The highest BCUT2D eigenvalue weighted by atomic mass is 35.5. The number of halogens is 1. The summed E-state index contributed by atoms with van der Waals surface area (Å²) >= 11 is 6.19. The fourth-order valence-corrected chi connectivity index (χ4v) is 4.94. The van der Waals surface area contributed by atoms with Crippen LogP contribution in [0.3, 0.4) is 0 Å². The Morgan fingerprint density at radius 2 is 1.85 bits per heavy atom. The van der Waals surface area contributed by atoms with E-state index in [9.17, 15) is 14.4 Å². The van der Waals surface area contributed by atoms with Gasteiger partial charge in [-0.1, -0.05) is 23.4 Å². The van der Waals surface area contributed by atoms with E-state index in [4.69, 9.17) is 30.5 Å². The summed E-state index contributed by atoms with van der Waals surface area (Å²) in [6.07, 6.45) is 2.20. The first kappa shape index (κ1) is 26.4. The lowest BCUT2D eigenvalue weighted by Gasteiger charge is -2.32. The van der Waals surface area contributed by atoms with Crippen LogP contribution < -0.4 is 18.9 Å². The number of hydrogen-bond acceptors (Lipinski definition) is 8. The van der Waals surface area contributed by atoms with Crippen LogP contribution in [-0.4, -0.2) is 80.7 Å². The molecule has 0 saturated carbocycles. The van der Waals surface area contributed by atoms with E-state index in [-0.39, 0.29) is 25.0 Å². The highest BCUT2D eigenvalue weighted by molar-refractivity contribution is 6.32. The number of rotatable bonds is 4. The molecule has 2 aromatic carbocycles. The van der Waals surface area contributed by atoms with Gasteiger partial charge in [-0.25, -0.2) is 4.79 Å². The molecule has 2 aromatic rings. The number of carbonyl (C=O) groups excluding carboxylic acids is 3. The number of carbonyl (C=O) groups is 3. The number of nitrogens with zero attached hydrogens (tertiary/aromatic N) is 3. The summed E-state index contributed by atoms with van der Waals surface area (Å²) in [5.74, 6) is 7.21. The molecule has 0 aliphatic carbocycles. The van der Waals surface area contributed by atoms with Gasteiger partial charge < -0.3 is 18.9 Å². The number of ether oxygens (including phenoxy) is 4. The quantitative estimate of drug-likeness (QED) is 0.325. The Labute approximate surface area is 230 Å². The molecule has 0 radical (unpaired) electrons. The number of hydrogen-bond donors (Lipinski definition) is 0. The van der Waals surface area contributed by atoms with Crippen LogP contribution in [0.1, 0.15) is 22.7 Å². The fourth-order valence-electron chi connectivity index (χ4n) is 4.76. The first-order chi connectivity index (χ1) is 18.7. The van der Waals surface area contributed by atoms with Gasteiger partial charge in [-0.2, -0.15) is 0 Å². The number of amides is 4. The minimum absolute atomic E-state index is 0.0323. The summed E-state index contributed by atoms with van der Waals surface area (Å²) in [6, 6.07) is 5.88. The zero-order valence-corrected chi connectivity index (χ0v) is 22.6. The molecule has 11 heteroatoms. The van der Waals surface area contributed by atoms with Crippen LogP contribution >= 0.6 is 11.6 Å². The summed E-state index contributed by atoms with van der Waals surface area (Å²) < 4.78 is 22.9. The Balaban J connectivity index is 1.40. The molecule has 3 aliphatic heterocycles. The van der Waals surface area contributed by atoms with Crippen molar-refractivity contribution in [1.29, 1.82) is 0 Å². The van der Waals surface area contributed by atoms with Gasteiger partial charge in [0.1, 0.15) is 24.0 Å². The summed E-state index contributed by atoms with van der Waals surface area (Å²) in [5, 5.41) is 0.389. The third-order valence-electron chi connectivity index (χ3n) is 6.85. The second-order valence-electron chi connectivity index (χ2n) is 9.21. The fraction of sp³-hybridized carbons (Fsp3) is 0.321. The predicted octanol–water partition coefficient (Wildman–Crippen LogP) is 3.12. The van der Waals surface area contributed by atoms with E-state index in [0.717, 1.165) is 33.9 Å². The highest BCUT2D eigenvalue weighted by Crippen LogP contribution is 2.49. The molecule has 5 rings (SSSR count). The molecule has 4 amide bonds. The van der Waals surface area contributed by atoms with E-state index in [1.54, 1.807) is 25.3 Å². The molecule has 1 saturated heterocycles. The molecule has 10 nitrogen and oxygen atoms in total. The lowest BCUT2D eigenvalue weighted by atomic mass is 9.91. The first-order valence-electron chi connectivity index (χ1n) is 12.1. The van der Waals surface area contributed by atoms with Gasteiger partial charge in [-0.05, 0) is 49.4 Å². The number of methoxy groups -OCH3 is 1. The summed E-state index contributed by atoms with van der Waals surface area (Å²) in [5.41, 5.74) is 2.27. The third kappa shape index (κ3) is 4.75. The number of barbiturate groups is 1. The molecule has 3 aliphatic rings. The average Bonchev–Trinajstić information content (AvgIpc) is 3.40. The van der Waals surface area contributed by atoms with Crippen LogP contribution in [0, 0.1) is 11.8 Å². The second kappa shape index (κ2) is 10.5. The second-order valence-corrected chi connectivity index (χ2v) is 9.65. The predicted molar refractivity (Wildman–Crippen MR) is 142 cm³/mol. The number of imide groups is 2. The highest BCUT2D eigenvalue weighted by Gasteiger charge is 2.38. The molecule has 0 spiro atoms. The Bertz CT molecular complexity index is 1450. The van der Waals surface area contributed by atoms with Gasteiger partial charge in [0.15, 0.2) is 11.5 Å². The van der Waals surface area contributed by atoms with Crippen molar-refractivity contribution in [2.24, 2.45) is 0 Å². The summed E-state index contributed by atoms with van der Waals surface area (Å²) in [7, 11) is 6.22. The van der Waals surface area contributed by atoms with Crippen molar-refractivity contribution >= 4 is 35.5 Å². The van der Waals surface area contributed by atoms with Crippen molar-refractivity contribution in [2.75, 3.05) is 48.2 Å². The molecule has 0 unspecified atom stereocenters. The molecule has 202 valence electrons. The Hall–Kier alpha value is -4.20. The zero-order valence-electron chi connectivity index (χ0n) is 21.9. The summed E-state index contributed by atoms with van der Waals surface area (Å²) in [4.78, 5) is 41.2.